The van der Waals surface area contributed by atoms with Crippen molar-refractivity contribution in [1.82, 2.24) is 20.4 Å². The van der Waals surface area contributed by atoms with Gasteiger partial charge in [0.25, 0.3) is 5.89 Å². The maximum atomic E-state index is 11.7. The number of urea groups is 1. The number of rotatable bonds is 5. The number of nitrogens with one attached hydrogen (secondary N) is 2. The second-order valence-corrected chi connectivity index (χ2v) is 4.96. The number of nitrogens with zero attached hydrogens (tertiary/aromatic N) is 2. The summed E-state index contributed by atoms with van der Waals surface area (Å²) in [6, 6.07) is 2.55. The first-order valence-corrected chi connectivity index (χ1v) is 6.65. The van der Waals surface area contributed by atoms with E-state index in [-0.39, 0.29) is 17.6 Å². The smallest absolute Gasteiger partial charge is 0.437 e. The lowest BCUT2D eigenvalue weighted by Gasteiger charge is -2.07. The van der Waals surface area contributed by atoms with Crippen LogP contribution in [0.2, 0.25) is 0 Å². The summed E-state index contributed by atoms with van der Waals surface area (Å²) in [5, 5.41) is 8.45. The van der Waals surface area contributed by atoms with Gasteiger partial charge in [-0.2, -0.15) is 4.68 Å². The Balaban J connectivity index is 1.95. The second kappa shape index (κ2) is 6.74. The Bertz CT molecular complexity index is 698. The highest BCUT2D eigenvalue weighted by Crippen LogP contribution is 2.14. The number of carbonyl (C=O) groups is 2. The van der Waals surface area contributed by atoms with Crippen molar-refractivity contribution < 1.29 is 18.4 Å². The number of hydrogen-bond acceptors (Lipinski definition) is 6. The van der Waals surface area contributed by atoms with Gasteiger partial charge in [-0.15, -0.1) is 5.10 Å². The van der Waals surface area contributed by atoms with Gasteiger partial charge >= 0.3 is 11.8 Å². The van der Waals surface area contributed by atoms with Crippen LogP contribution in [0.15, 0.2) is 32.0 Å². The molecule has 0 aliphatic rings. The molecule has 0 aliphatic carbocycles. The summed E-state index contributed by atoms with van der Waals surface area (Å²) in [4.78, 5) is 34.7. The fourth-order valence-electron chi connectivity index (χ4n) is 1.55. The van der Waals surface area contributed by atoms with E-state index in [1.165, 1.54) is 6.26 Å². The number of aromatic nitrogens is 2. The minimum atomic E-state index is -0.816. The van der Waals surface area contributed by atoms with Crippen molar-refractivity contribution in [1.29, 1.82) is 0 Å². The molecule has 2 N–H and O–H groups in total. The monoisotopic (exact) mass is 308 g/mol. The van der Waals surface area contributed by atoms with E-state index in [1.807, 2.05) is 13.8 Å². The number of imide groups is 1. The predicted molar refractivity (Wildman–Crippen MR) is 74.8 cm³/mol. The molecule has 0 unspecified atom stereocenters. The van der Waals surface area contributed by atoms with Gasteiger partial charge in [-0.05, 0) is 18.1 Å². The molecule has 0 aliphatic heterocycles. The molecule has 0 atom stereocenters. The molecule has 0 radical (unpaired) electrons. The van der Waals surface area contributed by atoms with E-state index in [9.17, 15) is 14.4 Å². The fourth-order valence-corrected chi connectivity index (χ4v) is 1.55. The van der Waals surface area contributed by atoms with Crippen LogP contribution in [0, 0.1) is 5.92 Å². The zero-order chi connectivity index (χ0) is 16.1. The first kappa shape index (κ1) is 15.5. The summed E-state index contributed by atoms with van der Waals surface area (Å²) >= 11 is 0. The molecule has 0 spiro atoms. The van der Waals surface area contributed by atoms with Crippen molar-refractivity contribution in [2.75, 3.05) is 6.54 Å². The third kappa shape index (κ3) is 4.08. The van der Waals surface area contributed by atoms with E-state index >= 15 is 0 Å². The molecule has 0 saturated heterocycles. The molecule has 2 aromatic heterocycles. The number of carbonyl (C=O) groups excluding carboxylic acids is 2. The summed E-state index contributed by atoms with van der Waals surface area (Å²) in [6.45, 7) is 3.85. The highest BCUT2D eigenvalue weighted by molar-refractivity contribution is 5.94. The molecule has 0 aromatic carbocycles. The Morgan fingerprint density at radius 1 is 1.41 bits per heavy atom. The predicted octanol–water partition coefficient (Wildman–Crippen LogP) is 0.578. The van der Waals surface area contributed by atoms with Crippen LogP contribution in [-0.2, 0) is 11.3 Å². The molecule has 0 saturated carbocycles. The van der Waals surface area contributed by atoms with E-state index in [4.69, 9.17) is 8.83 Å². The summed E-state index contributed by atoms with van der Waals surface area (Å²) in [5.74, 6) is -1.00. The van der Waals surface area contributed by atoms with Gasteiger partial charge < -0.3 is 14.2 Å². The molecule has 3 amide bonds. The Hall–Kier alpha value is -2.84. The second-order valence-electron chi connectivity index (χ2n) is 4.96. The van der Waals surface area contributed by atoms with E-state index in [0.29, 0.717) is 6.54 Å². The van der Waals surface area contributed by atoms with Gasteiger partial charge in [0.15, 0.2) is 5.76 Å². The van der Waals surface area contributed by atoms with Crippen molar-refractivity contribution in [2.24, 2.45) is 5.92 Å². The highest BCUT2D eigenvalue weighted by atomic mass is 16.4. The number of hydrogen-bond donors (Lipinski definition) is 2. The standard InChI is InChI=1S/C13H16N4O5/c1-8(2)6-14-12(19)15-10(18)7-17-13(20)22-11(16-17)9-4-3-5-21-9/h3-5,8H,6-7H2,1-2H3,(H2,14,15,18,19). The van der Waals surface area contributed by atoms with Crippen molar-refractivity contribution >= 4 is 11.9 Å². The van der Waals surface area contributed by atoms with Crippen molar-refractivity contribution in [3.8, 4) is 11.7 Å². The van der Waals surface area contributed by atoms with Crippen molar-refractivity contribution in [2.45, 2.75) is 20.4 Å². The average Bonchev–Trinajstić information content (AvgIpc) is 3.07. The van der Waals surface area contributed by atoms with E-state index in [1.54, 1.807) is 12.1 Å². The molecule has 118 valence electrons. The van der Waals surface area contributed by atoms with Crippen LogP contribution >= 0.6 is 0 Å². The van der Waals surface area contributed by atoms with Gasteiger partial charge in [0, 0.05) is 6.54 Å². The van der Waals surface area contributed by atoms with Gasteiger partial charge in [-0.1, -0.05) is 13.8 Å². The lowest BCUT2D eigenvalue weighted by Crippen LogP contribution is -2.43. The van der Waals surface area contributed by atoms with Crippen LogP contribution in [0.1, 0.15) is 13.8 Å². The Morgan fingerprint density at radius 3 is 2.82 bits per heavy atom. The average molecular weight is 308 g/mol. The van der Waals surface area contributed by atoms with Gasteiger partial charge in [-0.3, -0.25) is 10.1 Å². The number of furan rings is 1. The van der Waals surface area contributed by atoms with Gasteiger partial charge in [0.05, 0.1) is 6.26 Å². The molecule has 0 bridgehead atoms. The quantitative estimate of drug-likeness (QED) is 0.833. The number of amides is 3. The van der Waals surface area contributed by atoms with Crippen LogP contribution in [0.4, 0.5) is 4.79 Å². The Labute approximate surface area is 125 Å². The van der Waals surface area contributed by atoms with E-state index in [2.05, 4.69) is 15.7 Å². The van der Waals surface area contributed by atoms with Gasteiger partial charge in [0.1, 0.15) is 6.54 Å². The fraction of sp³-hybridized carbons (Fsp3) is 0.385. The first-order chi connectivity index (χ1) is 10.5. The van der Waals surface area contributed by atoms with Crippen LogP contribution in [-0.4, -0.2) is 28.3 Å². The molecular formula is C13H16N4O5. The first-order valence-electron chi connectivity index (χ1n) is 6.65. The van der Waals surface area contributed by atoms with Crippen LogP contribution < -0.4 is 16.4 Å². The zero-order valence-electron chi connectivity index (χ0n) is 12.2. The zero-order valence-corrected chi connectivity index (χ0v) is 12.2. The molecule has 2 aromatic rings. The van der Waals surface area contributed by atoms with Gasteiger partial charge in [0.2, 0.25) is 5.91 Å². The molecule has 9 heteroatoms. The molecule has 2 heterocycles. The van der Waals surface area contributed by atoms with E-state index in [0.717, 1.165) is 4.68 Å². The molecule has 9 nitrogen and oxygen atoms in total. The minimum absolute atomic E-state index is 0.0351. The topological polar surface area (TPSA) is 119 Å². The highest BCUT2D eigenvalue weighted by Gasteiger charge is 2.16. The van der Waals surface area contributed by atoms with Crippen LogP contribution in [0.25, 0.3) is 11.7 Å². The summed E-state index contributed by atoms with van der Waals surface area (Å²) in [6.07, 6.45) is 1.40. The maximum absolute atomic E-state index is 11.7. The summed E-state index contributed by atoms with van der Waals surface area (Å²) < 4.78 is 10.7. The molecule has 0 fully saturated rings. The third-order valence-electron chi connectivity index (χ3n) is 2.56. The lowest BCUT2D eigenvalue weighted by molar-refractivity contribution is -0.120. The third-order valence-corrected chi connectivity index (χ3v) is 2.56. The Morgan fingerprint density at radius 2 is 2.18 bits per heavy atom. The van der Waals surface area contributed by atoms with Crippen molar-refractivity contribution in [3.63, 3.8) is 0 Å². The Kier molecular flexibility index (Phi) is 4.77. The van der Waals surface area contributed by atoms with E-state index < -0.39 is 24.2 Å². The van der Waals surface area contributed by atoms with Crippen LogP contribution in [0.3, 0.4) is 0 Å². The summed E-state index contributed by atoms with van der Waals surface area (Å²) in [7, 11) is 0. The SMILES string of the molecule is CC(C)CNC(=O)NC(=O)Cn1nc(-c2ccco2)oc1=O. The molecule has 2 rings (SSSR count). The minimum Gasteiger partial charge on any atom is -0.459 e. The molecular weight excluding hydrogens is 292 g/mol. The lowest BCUT2D eigenvalue weighted by atomic mass is 10.2. The van der Waals surface area contributed by atoms with Crippen LogP contribution in [0.5, 0.6) is 0 Å². The maximum Gasteiger partial charge on any atom is 0.437 e. The largest absolute Gasteiger partial charge is 0.459 e. The summed E-state index contributed by atoms with van der Waals surface area (Å²) in [5.41, 5.74) is 0. The normalized spacial score (nSPS) is 10.7. The molecule has 22 heavy (non-hydrogen) atoms. The van der Waals surface area contributed by atoms with Crippen molar-refractivity contribution in [3.05, 3.63) is 28.9 Å². The van der Waals surface area contributed by atoms with Gasteiger partial charge in [-0.25, -0.2) is 9.59 Å².